The maximum Gasteiger partial charge on any atom is 0.245 e. The molecule has 0 aliphatic rings. The smallest absolute Gasteiger partial charge is 0.245 e. The van der Waals surface area contributed by atoms with Gasteiger partial charge in [0.2, 0.25) is 11.8 Å². The molecule has 0 fully saturated rings. The number of hydrogen-bond acceptors (Lipinski definition) is 6. The second-order valence-electron chi connectivity index (χ2n) is 3.79. The lowest BCUT2D eigenvalue weighted by Crippen LogP contribution is -2.01. The summed E-state index contributed by atoms with van der Waals surface area (Å²) in [5.74, 6) is 0.591. The van der Waals surface area contributed by atoms with E-state index >= 15 is 0 Å². The van der Waals surface area contributed by atoms with Crippen LogP contribution in [0, 0.1) is 6.92 Å². The number of imidazole rings is 1. The number of aromatic amines is 1. The Kier molecular flexibility index (Phi) is 2.60. The molecule has 7 heteroatoms. The first-order valence-electron chi connectivity index (χ1n) is 5.37. The highest BCUT2D eigenvalue weighted by Crippen LogP contribution is 2.22. The number of nitrogens with two attached hydrogens (primary N) is 1. The molecule has 0 bridgehead atoms. The molecule has 3 N–H and O–H groups in total. The zero-order chi connectivity index (χ0) is 12.5. The third kappa shape index (κ3) is 2.00. The first-order chi connectivity index (χ1) is 8.72. The third-order valence-electron chi connectivity index (χ3n) is 2.42. The molecule has 0 aliphatic carbocycles. The predicted octanol–water partition coefficient (Wildman–Crippen LogP) is 1.88. The van der Waals surface area contributed by atoms with E-state index in [-0.39, 0.29) is 5.95 Å². The molecule has 92 valence electrons. The highest BCUT2D eigenvalue weighted by atomic mass is 32.1. The van der Waals surface area contributed by atoms with Gasteiger partial charge in [-0.1, -0.05) is 0 Å². The molecule has 3 aromatic rings. The molecular formula is C11H11N5OS. The molecule has 0 aliphatic heterocycles. The topological polar surface area (TPSA) is 89.7 Å². The molecule has 6 nitrogen and oxygen atoms in total. The van der Waals surface area contributed by atoms with Gasteiger partial charge in [-0.3, -0.25) is 0 Å². The van der Waals surface area contributed by atoms with Gasteiger partial charge in [-0.25, -0.2) is 4.98 Å². The summed E-state index contributed by atoms with van der Waals surface area (Å²) in [6.45, 7) is 2.52. The third-order valence-corrected chi connectivity index (χ3v) is 3.39. The van der Waals surface area contributed by atoms with Crippen molar-refractivity contribution in [1.29, 1.82) is 0 Å². The van der Waals surface area contributed by atoms with E-state index in [0.29, 0.717) is 23.7 Å². The highest BCUT2D eigenvalue weighted by Gasteiger charge is 2.10. The average Bonchev–Trinajstić information content (AvgIpc) is 2.94. The molecule has 18 heavy (non-hydrogen) atoms. The van der Waals surface area contributed by atoms with Crippen LogP contribution in [-0.2, 0) is 6.61 Å². The Morgan fingerprint density at radius 2 is 2.28 bits per heavy atom. The summed E-state index contributed by atoms with van der Waals surface area (Å²) in [4.78, 5) is 17.4. The maximum atomic E-state index is 5.67. The molecule has 0 aromatic carbocycles. The minimum atomic E-state index is 0.159. The zero-order valence-corrected chi connectivity index (χ0v) is 10.5. The molecule has 0 radical (unpaired) electrons. The van der Waals surface area contributed by atoms with Crippen molar-refractivity contribution < 1.29 is 4.74 Å². The minimum absolute atomic E-state index is 0.159. The Bertz CT molecular complexity index is 690. The van der Waals surface area contributed by atoms with E-state index < -0.39 is 0 Å². The van der Waals surface area contributed by atoms with Crippen LogP contribution < -0.4 is 10.5 Å². The number of ether oxygens (including phenoxy) is 1. The summed E-state index contributed by atoms with van der Waals surface area (Å²) in [6, 6.07) is 4.10. The number of rotatable bonds is 3. The number of aryl methyl sites for hydroxylation is 1. The highest BCUT2D eigenvalue weighted by molar-refractivity contribution is 7.11. The Balaban J connectivity index is 1.87. The van der Waals surface area contributed by atoms with Gasteiger partial charge in [0.1, 0.15) is 12.1 Å². The predicted molar refractivity (Wildman–Crippen MR) is 69.5 cm³/mol. The van der Waals surface area contributed by atoms with Crippen molar-refractivity contribution in [3.8, 4) is 5.88 Å². The molecule has 3 aromatic heterocycles. The molecule has 0 amide bonds. The van der Waals surface area contributed by atoms with Crippen LogP contribution in [0.4, 0.5) is 5.95 Å². The summed E-state index contributed by atoms with van der Waals surface area (Å²) in [5, 5.41) is 0. The number of nitrogens with zero attached hydrogens (tertiary/aromatic N) is 3. The number of thiophene rings is 1. The first kappa shape index (κ1) is 11.0. The van der Waals surface area contributed by atoms with E-state index in [1.54, 1.807) is 17.7 Å². The van der Waals surface area contributed by atoms with E-state index in [1.165, 1.54) is 4.88 Å². The fraction of sp³-hybridized carbons (Fsp3) is 0.182. The summed E-state index contributed by atoms with van der Waals surface area (Å²) in [6.07, 6.45) is 1.54. The monoisotopic (exact) mass is 261 g/mol. The average molecular weight is 261 g/mol. The van der Waals surface area contributed by atoms with Crippen molar-refractivity contribution in [3.05, 3.63) is 28.2 Å². The van der Waals surface area contributed by atoms with Crippen LogP contribution in [-0.4, -0.2) is 19.9 Å². The van der Waals surface area contributed by atoms with Gasteiger partial charge in [0.25, 0.3) is 0 Å². The van der Waals surface area contributed by atoms with Crippen molar-refractivity contribution >= 4 is 28.4 Å². The van der Waals surface area contributed by atoms with Gasteiger partial charge < -0.3 is 15.5 Å². The van der Waals surface area contributed by atoms with Gasteiger partial charge in [-0.15, -0.1) is 11.3 Å². The normalized spacial score (nSPS) is 10.9. The van der Waals surface area contributed by atoms with Gasteiger partial charge in [0.05, 0.1) is 6.33 Å². The molecule has 0 saturated carbocycles. The van der Waals surface area contributed by atoms with Crippen molar-refractivity contribution in [2.75, 3.05) is 5.73 Å². The second-order valence-corrected chi connectivity index (χ2v) is 5.16. The Labute approximate surface area is 107 Å². The Morgan fingerprint density at radius 1 is 1.39 bits per heavy atom. The fourth-order valence-electron chi connectivity index (χ4n) is 1.63. The van der Waals surface area contributed by atoms with Gasteiger partial charge in [0.15, 0.2) is 5.65 Å². The molecule has 3 rings (SSSR count). The molecule has 3 heterocycles. The molecule has 0 atom stereocenters. The van der Waals surface area contributed by atoms with Crippen molar-refractivity contribution in [2.24, 2.45) is 0 Å². The Hall–Kier alpha value is -2.15. The number of hydrogen-bond donors (Lipinski definition) is 2. The summed E-state index contributed by atoms with van der Waals surface area (Å²) >= 11 is 1.69. The van der Waals surface area contributed by atoms with E-state index in [0.717, 1.165) is 4.88 Å². The van der Waals surface area contributed by atoms with Crippen LogP contribution in [0.25, 0.3) is 11.2 Å². The van der Waals surface area contributed by atoms with Crippen LogP contribution in [0.1, 0.15) is 9.75 Å². The number of nitrogens with one attached hydrogen (secondary N) is 1. The minimum Gasteiger partial charge on any atom is -0.470 e. The summed E-state index contributed by atoms with van der Waals surface area (Å²) < 4.78 is 5.67. The fourth-order valence-corrected chi connectivity index (χ4v) is 2.43. The van der Waals surface area contributed by atoms with Crippen LogP contribution in [0.15, 0.2) is 18.5 Å². The molecule has 0 spiro atoms. The number of aromatic nitrogens is 4. The zero-order valence-electron chi connectivity index (χ0n) is 9.67. The number of anilines is 1. The largest absolute Gasteiger partial charge is 0.470 e. The maximum absolute atomic E-state index is 5.67. The van der Waals surface area contributed by atoms with Gasteiger partial charge in [0, 0.05) is 9.75 Å². The summed E-state index contributed by atoms with van der Waals surface area (Å²) in [7, 11) is 0. The van der Waals surface area contributed by atoms with E-state index in [2.05, 4.69) is 32.9 Å². The lowest BCUT2D eigenvalue weighted by Gasteiger charge is -2.04. The summed E-state index contributed by atoms with van der Waals surface area (Å²) in [5.41, 5.74) is 6.78. The molecule has 0 saturated heterocycles. The SMILES string of the molecule is Cc1ccc(COc2nc(N)nc3nc[nH]c23)s1. The first-order valence-corrected chi connectivity index (χ1v) is 6.19. The standard InChI is InChI=1S/C11H11N5OS/c1-6-2-3-7(18-6)4-17-10-8-9(14-5-13-8)15-11(12)16-10/h2-3,5H,4H2,1H3,(H3,12,13,14,15,16). The second kappa shape index (κ2) is 4.26. The van der Waals surface area contributed by atoms with Crippen LogP contribution in [0.2, 0.25) is 0 Å². The van der Waals surface area contributed by atoms with E-state index in [1.807, 2.05) is 6.07 Å². The number of nitrogen functional groups attached to an aromatic ring is 1. The van der Waals surface area contributed by atoms with Gasteiger partial charge >= 0.3 is 0 Å². The van der Waals surface area contributed by atoms with Crippen molar-refractivity contribution in [3.63, 3.8) is 0 Å². The Morgan fingerprint density at radius 3 is 3.06 bits per heavy atom. The van der Waals surface area contributed by atoms with Crippen molar-refractivity contribution in [2.45, 2.75) is 13.5 Å². The van der Waals surface area contributed by atoms with Crippen LogP contribution >= 0.6 is 11.3 Å². The van der Waals surface area contributed by atoms with E-state index in [4.69, 9.17) is 10.5 Å². The van der Waals surface area contributed by atoms with Gasteiger partial charge in [-0.2, -0.15) is 9.97 Å². The quantitative estimate of drug-likeness (QED) is 0.751. The van der Waals surface area contributed by atoms with Crippen LogP contribution in [0.3, 0.4) is 0 Å². The van der Waals surface area contributed by atoms with Gasteiger partial charge in [-0.05, 0) is 19.1 Å². The van der Waals surface area contributed by atoms with E-state index in [9.17, 15) is 0 Å². The molecular weight excluding hydrogens is 250 g/mol. The molecule has 0 unspecified atom stereocenters. The number of fused-ring (bicyclic) bond motifs is 1. The lowest BCUT2D eigenvalue weighted by atomic mass is 10.4. The van der Waals surface area contributed by atoms with Crippen LogP contribution in [0.5, 0.6) is 5.88 Å². The number of H-pyrrole nitrogens is 1. The lowest BCUT2D eigenvalue weighted by molar-refractivity contribution is 0.301. The van der Waals surface area contributed by atoms with Crippen molar-refractivity contribution in [1.82, 2.24) is 19.9 Å².